The molecule has 1 aromatic carbocycles. The highest BCUT2D eigenvalue weighted by atomic mass is 35.5. The van der Waals surface area contributed by atoms with Crippen molar-refractivity contribution in [1.29, 1.82) is 0 Å². The molecule has 3 aromatic rings. The lowest BCUT2D eigenvalue weighted by atomic mass is 9.94. The number of anilines is 1. The number of hydrogen-bond donors (Lipinski definition) is 4. The van der Waals surface area contributed by atoms with Crippen molar-refractivity contribution in [2.75, 3.05) is 19.5 Å². The lowest BCUT2D eigenvalue weighted by Gasteiger charge is -2.28. The number of carboxylic acid groups (broad SMARTS) is 2. The standard InChI is InChI=1S/C20H22ClFN6O8S/c1-35-11(6-13(22)28-9-25-14-15(23)26-19(21)27-16(14)28)8-36-20(17(29)30,18(31)32)7-10-2-4-12(5-3-10)37(24,33)34/h2-5,9,11,13H,6-8H2,1H3,(H,29,30)(H,31,32)(H2,23,26,27)(H2,24,33,34). The van der Waals surface area contributed by atoms with Crippen LogP contribution in [0.4, 0.5) is 10.2 Å². The first-order chi connectivity index (χ1) is 17.3. The largest absolute Gasteiger partial charge is 0.479 e. The van der Waals surface area contributed by atoms with Gasteiger partial charge < -0.3 is 25.4 Å². The molecule has 2 unspecified atom stereocenters. The number of sulfonamides is 1. The van der Waals surface area contributed by atoms with Crippen LogP contribution in [-0.4, -0.2) is 75.5 Å². The van der Waals surface area contributed by atoms with Gasteiger partial charge in [0, 0.05) is 20.0 Å². The third-order valence-electron chi connectivity index (χ3n) is 5.43. The molecule has 0 saturated carbocycles. The molecule has 0 aliphatic carbocycles. The molecule has 2 atom stereocenters. The van der Waals surface area contributed by atoms with Gasteiger partial charge in [0.25, 0.3) is 5.60 Å². The second kappa shape index (κ2) is 10.9. The number of carbonyl (C=O) groups is 2. The van der Waals surface area contributed by atoms with Crippen LogP contribution in [0.3, 0.4) is 0 Å². The van der Waals surface area contributed by atoms with Gasteiger partial charge >= 0.3 is 11.9 Å². The molecule has 0 aliphatic heterocycles. The van der Waals surface area contributed by atoms with E-state index in [9.17, 15) is 28.2 Å². The number of methoxy groups -OCH3 is 1. The molecule has 0 aliphatic rings. The number of aliphatic carboxylic acids is 2. The molecule has 2 heterocycles. The minimum absolute atomic E-state index is 0.00845. The Morgan fingerprint density at radius 2 is 1.84 bits per heavy atom. The van der Waals surface area contributed by atoms with Gasteiger partial charge in [-0.15, -0.1) is 0 Å². The second-order valence-electron chi connectivity index (χ2n) is 7.84. The van der Waals surface area contributed by atoms with Crippen LogP contribution in [0.15, 0.2) is 35.5 Å². The Kier molecular flexibility index (Phi) is 8.28. The Morgan fingerprint density at radius 1 is 1.22 bits per heavy atom. The molecule has 0 bridgehead atoms. The van der Waals surface area contributed by atoms with Crippen LogP contribution in [0.5, 0.6) is 0 Å². The molecule has 14 nitrogen and oxygen atoms in total. The van der Waals surface area contributed by atoms with E-state index in [0.29, 0.717) is 0 Å². The van der Waals surface area contributed by atoms with Crippen LogP contribution in [0.2, 0.25) is 5.28 Å². The average molecular weight is 561 g/mol. The normalized spacial score (nSPS) is 13.9. The number of carboxylic acids is 2. The molecule has 0 fully saturated rings. The quantitative estimate of drug-likeness (QED) is 0.178. The van der Waals surface area contributed by atoms with E-state index in [1.165, 1.54) is 19.2 Å². The van der Waals surface area contributed by atoms with Gasteiger partial charge in [-0.1, -0.05) is 12.1 Å². The fourth-order valence-electron chi connectivity index (χ4n) is 3.42. The third kappa shape index (κ3) is 6.11. The van der Waals surface area contributed by atoms with Gasteiger partial charge in [0.2, 0.25) is 15.3 Å². The fourth-order valence-corrected chi connectivity index (χ4v) is 4.10. The van der Waals surface area contributed by atoms with E-state index in [1.807, 2.05) is 0 Å². The number of nitrogens with zero attached hydrogens (tertiary/aromatic N) is 4. The van der Waals surface area contributed by atoms with Crippen molar-refractivity contribution in [2.45, 2.75) is 35.7 Å². The molecule has 200 valence electrons. The average Bonchev–Trinajstić information content (AvgIpc) is 3.24. The number of ether oxygens (including phenoxy) is 2. The number of halogens is 2. The van der Waals surface area contributed by atoms with Gasteiger partial charge in [0.1, 0.15) is 5.52 Å². The molecule has 6 N–H and O–H groups in total. The number of nitrogen functional groups attached to an aromatic ring is 1. The molecule has 0 radical (unpaired) electrons. The monoisotopic (exact) mass is 560 g/mol. The summed E-state index contributed by atoms with van der Waals surface area (Å²) < 4.78 is 49.6. The Balaban J connectivity index is 1.79. The highest BCUT2D eigenvalue weighted by Gasteiger charge is 2.49. The van der Waals surface area contributed by atoms with Gasteiger partial charge in [-0.25, -0.2) is 32.5 Å². The zero-order chi connectivity index (χ0) is 27.5. The SMILES string of the molecule is COC(COC(Cc1ccc(S(N)(=O)=O)cc1)(C(=O)O)C(=O)O)CC(F)n1cnc2c(N)nc(Cl)nc21. The minimum Gasteiger partial charge on any atom is -0.479 e. The van der Waals surface area contributed by atoms with Crippen LogP contribution in [0.1, 0.15) is 18.3 Å². The van der Waals surface area contributed by atoms with Crippen molar-refractivity contribution in [1.82, 2.24) is 19.5 Å². The minimum atomic E-state index is -4.01. The summed E-state index contributed by atoms with van der Waals surface area (Å²) in [5.41, 5.74) is 3.18. The summed E-state index contributed by atoms with van der Waals surface area (Å²) in [5, 5.41) is 24.3. The molecule has 3 rings (SSSR count). The van der Waals surface area contributed by atoms with E-state index in [4.69, 9.17) is 31.9 Å². The van der Waals surface area contributed by atoms with Crippen LogP contribution >= 0.6 is 11.6 Å². The Hall–Kier alpha value is -3.44. The number of benzene rings is 1. The highest BCUT2D eigenvalue weighted by molar-refractivity contribution is 7.89. The first-order valence-corrected chi connectivity index (χ1v) is 12.3. The van der Waals surface area contributed by atoms with Gasteiger partial charge in [0.15, 0.2) is 17.8 Å². The number of imidazole rings is 1. The topological polar surface area (TPSA) is 223 Å². The van der Waals surface area contributed by atoms with Crippen LogP contribution in [0.25, 0.3) is 11.2 Å². The summed E-state index contributed by atoms with van der Waals surface area (Å²) in [6.45, 7) is -0.630. The Morgan fingerprint density at radius 3 is 2.38 bits per heavy atom. The van der Waals surface area contributed by atoms with Crippen LogP contribution in [-0.2, 0) is 35.5 Å². The summed E-state index contributed by atoms with van der Waals surface area (Å²) in [5.74, 6) is -3.72. The summed E-state index contributed by atoms with van der Waals surface area (Å²) >= 11 is 5.79. The third-order valence-corrected chi connectivity index (χ3v) is 6.52. The Labute approximate surface area is 214 Å². The van der Waals surface area contributed by atoms with Crippen molar-refractivity contribution < 1.29 is 42.1 Å². The van der Waals surface area contributed by atoms with Crippen LogP contribution < -0.4 is 10.9 Å². The van der Waals surface area contributed by atoms with Crippen molar-refractivity contribution in [3.63, 3.8) is 0 Å². The molecule has 17 heteroatoms. The first-order valence-electron chi connectivity index (χ1n) is 10.3. The van der Waals surface area contributed by atoms with E-state index in [-0.39, 0.29) is 32.7 Å². The maximum atomic E-state index is 15.2. The zero-order valence-electron chi connectivity index (χ0n) is 19.1. The lowest BCUT2D eigenvalue weighted by molar-refractivity contribution is -0.188. The maximum Gasteiger partial charge on any atom is 0.348 e. The van der Waals surface area contributed by atoms with E-state index < -0.39 is 59.4 Å². The van der Waals surface area contributed by atoms with Gasteiger partial charge in [-0.05, 0) is 29.3 Å². The predicted molar refractivity (Wildman–Crippen MR) is 126 cm³/mol. The van der Waals surface area contributed by atoms with Crippen molar-refractivity contribution in [2.24, 2.45) is 5.14 Å². The van der Waals surface area contributed by atoms with Crippen LogP contribution in [0, 0.1) is 0 Å². The van der Waals surface area contributed by atoms with Gasteiger partial charge in [0.05, 0.1) is 23.9 Å². The number of primary sulfonamides is 1. The molecular weight excluding hydrogens is 539 g/mol. The van der Waals surface area contributed by atoms with Crippen molar-refractivity contribution >= 4 is 50.5 Å². The van der Waals surface area contributed by atoms with E-state index in [1.54, 1.807) is 0 Å². The van der Waals surface area contributed by atoms with Crippen molar-refractivity contribution in [3.05, 3.63) is 41.4 Å². The molecule has 0 amide bonds. The maximum absolute atomic E-state index is 15.2. The number of hydrogen-bond acceptors (Lipinski definition) is 10. The molecule has 0 saturated heterocycles. The number of fused-ring (bicyclic) bond motifs is 1. The van der Waals surface area contributed by atoms with E-state index in [0.717, 1.165) is 23.0 Å². The summed E-state index contributed by atoms with van der Waals surface area (Å²) in [6.07, 6.45) is -2.90. The predicted octanol–water partition coefficient (Wildman–Crippen LogP) is 0.750. The number of nitrogens with two attached hydrogens (primary N) is 2. The number of rotatable bonds is 12. The van der Waals surface area contributed by atoms with Crippen molar-refractivity contribution in [3.8, 4) is 0 Å². The fraction of sp³-hybridized carbons (Fsp3) is 0.350. The summed E-state index contributed by atoms with van der Waals surface area (Å²) in [4.78, 5) is 35.4. The number of alkyl halides is 1. The lowest BCUT2D eigenvalue weighted by Crippen LogP contribution is -2.52. The molecule has 37 heavy (non-hydrogen) atoms. The zero-order valence-corrected chi connectivity index (χ0v) is 20.7. The molecule has 0 spiro atoms. The van der Waals surface area contributed by atoms with Gasteiger partial charge in [-0.3, -0.25) is 4.57 Å². The number of aromatic nitrogens is 4. The van der Waals surface area contributed by atoms with Gasteiger partial charge in [-0.2, -0.15) is 9.97 Å². The highest BCUT2D eigenvalue weighted by Crippen LogP contribution is 2.27. The first kappa shape index (κ1) is 28.1. The second-order valence-corrected chi connectivity index (χ2v) is 9.74. The smallest absolute Gasteiger partial charge is 0.348 e. The summed E-state index contributed by atoms with van der Waals surface area (Å²) in [7, 11) is -2.81. The molecular formula is C20H22ClFN6O8S. The van der Waals surface area contributed by atoms with E-state index >= 15 is 4.39 Å². The molecule has 2 aromatic heterocycles. The summed E-state index contributed by atoms with van der Waals surface area (Å²) in [6, 6.07) is 4.61. The Bertz CT molecular complexity index is 1400. The van der Waals surface area contributed by atoms with E-state index in [2.05, 4.69) is 15.0 Å².